The van der Waals surface area contributed by atoms with Gasteiger partial charge in [-0.05, 0) is 71.5 Å². The molecule has 18 heavy (non-hydrogen) atoms. The van der Waals surface area contributed by atoms with Gasteiger partial charge in [-0.15, -0.1) is 0 Å². The summed E-state index contributed by atoms with van der Waals surface area (Å²) < 4.78 is 1.10. The normalized spacial score (nSPS) is 10.1. The number of rotatable bonds is 2. The van der Waals surface area contributed by atoms with E-state index in [1.807, 2.05) is 31.2 Å². The molecule has 0 heterocycles. The van der Waals surface area contributed by atoms with Crippen LogP contribution in [0.2, 0.25) is 0 Å². The van der Waals surface area contributed by atoms with Crippen LogP contribution in [0.1, 0.15) is 15.9 Å². The van der Waals surface area contributed by atoms with Crippen molar-refractivity contribution in [1.82, 2.24) is 0 Å². The van der Waals surface area contributed by atoms with E-state index in [4.69, 9.17) is 5.73 Å². The van der Waals surface area contributed by atoms with Gasteiger partial charge in [0.05, 0.1) is 0 Å². The predicted octanol–water partition coefficient (Wildman–Crippen LogP) is 3.43. The summed E-state index contributed by atoms with van der Waals surface area (Å²) >= 11 is 2.20. The SMILES string of the molecule is Cc1ccc(NC(=O)c2ccc(I)cc2)cc1N. The molecule has 2 rings (SSSR count). The molecule has 0 bridgehead atoms. The zero-order valence-corrected chi connectivity index (χ0v) is 12.1. The summed E-state index contributed by atoms with van der Waals surface area (Å²) in [6.45, 7) is 1.93. The third kappa shape index (κ3) is 3.01. The van der Waals surface area contributed by atoms with Gasteiger partial charge in [0.15, 0.2) is 0 Å². The van der Waals surface area contributed by atoms with Crippen molar-refractivity contribution >= 4 is 39.9 Å². The maximum absolute atomic E-state index is 12.0. The average Bonchev–Trinajstić information content (AvgIpc) is 2.34. The Labute approximate surface area is 120 Å². The molecule has 1 amide bonds. The lowest BCUT2D eigenvalue weighted by Crippen LogP contribution is -2.12. The molecule has 0 aliphatic carbocycles. The fourth-order valence-corrected chi connectivity index (χ4v) is 1.88. The number of nitrogen functional groups attached to an aromatic ring is 1. The zero-order valence-electron chi connectivity index (χ0n) is 9.91. The van der Waals surface area contributed by atoms with Gasteiger partial charge in [0.25, 0.3) is 5.91 Å². The lowest BCUT2D eigenvalue weighted by molar-refractivity contribution is 0.102. The van der Waals surface area contributed by atoms with Crippen molar-refractivity contribution in [2.75, 3.05) is 11.1 Å². The Kier molecular flexibility index (Phi) is 3.86. The molecule has 0 atom stereocenters. The number of carbonyl (C=O) groups is 1. The molecule has 3 nitrogen and oxygen atoms in total. The third-order valence-corrected chi connectivity index (χ3v) is 3.36. The minimum Gasteiger partial charge on any atom is -0.398 e. The Balaban J connectivity index is 2.16. The number of anilines is 2. The summed E-state index contributed by atoms with van der Waals surface area (Å²) in [5.41, 5.74) is 8.82. The molecule has 2 aromatic rings. The van der Waals surface area contributed by atoms with E-state index in [0.29, 0.717) is 16.9 Å². The molecular weight excluding hydrogens is 339 g/mol. The minimum absolute atomic E-state index is 0.130. The van der Waals surface area contributed by atoms with Crippen molar-refractivity contribution in [3.05, 3.63) is 57.2 Å². The number of nitrogens with one attached hydrogen (secondary N) is 1. The number of hydrogen-bond acceptors (Lipinski definition) is 2. The average molecular weight is 352 g/mol. The van der Waals surface area contributed by atoms with Gasteiger partial charge in [0, 0.05) is 20.5 Å². The molecular formula is C14H13IN2O. The van der Waals surface area contributed by atoms with Crippen LogP contribution in [0.15, 0.2) is 42.5 Å². The summed E-state index contributed by atoms with van der Waals surface area (Å²) in [4.78, 5) is 12.0. The number of aryl methyl sites for hydroxylation is 1. The first-order valence-electron chi connectivity index (χ1n) is 5.49. The molecule has 0 spiro atoms. The largest absolute Gasteiger partial charge is 0.398 e. The molecule has 0 aromatic heterocycles. The van der Waals surface area contributed by atoms with Crippen LogP contribution >= 0.6 is 22.6 Å². The number of hydrogen-bond donors (Lipinski definition) is 2. The number of amides is 1. The van der Waals surface area contributed by atoms with Crippen LogP contribution in [-0.4, -0.2) is 5.91 Å². The van der Waals surface area contributed by atoms with Gasteiger partial charge in [-0.25, -0.2) is 0 Å². The molecule has 2 aromatic carbocycles. The second-order valence-electron chi connectivity index (χ2n) is 4.03. The molecule has 0 aliphatic heterocycles. The van der Waals surface area contributed by atoms with Crippen molar-refractivity contribution in [3.63, 3.8) is 0 Å². The van der Waals surface area contributed by atoms with Crippen LogP contribution in [0.3, 0.4) is 0 Å². The van der Waals surface area contributed by atoms with E-state index in [-0.39, 0.29) is 5.91 Å². The second kappa shape index (κ2) is 5.39. The lowest BCUT2D eigenvalue weighted by atomic mass is 10.1. The van der Waals surface area contributed by atoms with Crippen molar-refractivity contribution in [2.45, 2.75) is 6.92 Å². The molecule has 0 unspecified atom stereocenters. The first kappa shape index (κ1) is 12.9. The fraction of sp³-hybridized carbons (Fsp3) is 0.0714. The number of benzene rings is 2. The number of nitrogens with two attached hydrogens (primary N) is 1. The van der Waals surface area contributed by atoms with Crippen molar-refractivity contribution in [2.24, 2.45) is 0 Å². The van der Waals surface area contributed by atoms with Gasteiger partial charge >= 0.3 is 0 Å². The minimum atomic E-state index is -0.130. The van der Waals surface area contributed by atoms with Gasteiger partial charge in [0.2, 0.25) is 0 Å². The van der Waals surface area contributed by atoms with E-state index >= 15 is 0 Å². The summed E-state index contributed by atoms with van der Waals surface area (Å²) in [6, 6.07) is 12.9. The Morgan fingerprint density at radius 1 is 1.17 bits per heavy atom. The van der Waals surface area contributed by atoms with E-state index in [1.165, 1.54) is 0 Å². The maximum Gasteiger partial charge on any atom is 0.255 e. The van der Waals surface area contributed by atoms with E-state index < -0.39 is 0 Å². The Morgan fingerprint density at radius 2 is 1.83 bits per heavy atom. The smallest absolute Gasteiger partial charge is 0.255 e. The first-order valence-corrected chi connectivity index (χ1v) is 6.57. The van der Waals surface area contributed by atoms with Crippen molar-refractivity contribution in [3.8, 4) is 0 Å². The fourth-order valence-electron chi connectivity index (χ4n) is 1.52. The summed E-state index contributed by atoms with van der Waals surface area (Å²) in [5, 5.41) is 2.82. The molecule has 0 saturated carbocycles. The van der Waals surface area contributed by atoms with E-state index in [2.05, 4.69) is 27.9 Å². The van der Waals surface area contributed by atoms with Gasteiger partial charge < -0.3 is 11.1 Å². The summed E-state index contributed by atoms with van der Waals surface area (Å²) in [5.74, 6) is -0.130. The van der Waals surface area contributed by atoms with Crippen LogP contribution in [0.4, 0.5) is 11.4 Å². The van der Waals surface area contributed by atoms with Crippen molar-refractivity contribution in [1.29, 1.82) is 0 Å². The molecule has 0 fully saturated rings. The van der Waals surface area contributed by atoms with Crippen molar-refractivity contribution < 1.29 is 4.79 Å². The van der Waals surface area contributed by atoms with Gasteiger partial charge in [-0.1, -0.05) is 6.07 Å². The van der Waals surface area contributed by atoms with Crippen LogP contribution in [-0.2, 0) is 0 Å². The topological polar surface area (TPSA) is 55.1 Å². The number of carbonyl (C=O) groups excluding carboxylic acids is 1. The molecule has 3 N–H and O–H groups in total. The van der Waals surface area contributed by atoms with Crippen LogP contribution in [0.5, 0.6) is 0 Å². The van der Waals surface area contributed by atoms with E-state index in [0.717, 1.165) is 9.13 Å². The lowest BCUT2D eigenvalue weighted by Gasteiger charge is -2.07. The van der Waals surface area contributed by atoms with Crippen LogP contribution < -0.4 is 11.1 Å². The Morgan fingerprint density at radius 3 is 2.44 bits per heavy atom. The predicted molar refractivity (Wildman–Crippen MR) is 82.7 cm³/mol. The molecule has 0 aliphatic rings. The summed E-state index contributed by atoms with van der Waals surface area (Å²) in [6.07, 6.45) is 0. The van der Waals surface area contributed by atoms with Crippen LogP contribution in [0.25, 0.3) is 0 Å². The highest BCUT2D eigenvalue weighted by Gasteiger charge is 2.06. The van der Waals surface area contributed by atoms with Gasteiger partial charge in [-0.2, -0.15) is 0 Å². The second-order valence-corrected chi connectivity index (χ2v) is 5.28. The molecule has 0 radical (unpaired) electrons. The maximum atomic E-state index is 12.0. The van der Waals surface area contributed by atoms with E-state index in [1.54, 1.807) is 18.2 Å². The standard InChI is InChI=1S/C14H13IN2O/c1-9-2-7-12(8-13(9)16)17-14(18)10-3-5-11(15)6-4-10/h2-8H,16H2,1H3,(H,17,18). The Bertz CT molecular complexity index is 579. The Hall–Kier alpha value is -1.56. The van der Waals surface area contributed by atoms with Gasteiger partial charge in [0.1, 0.15) is 0 Å². The quantitative estimate of drug-likeness (QED) is 0.643. The first-order chi connectivity index (χ1) is 8.56. The van der Waals surface area contributed by atoms with E-state index in [9.17, 15) is 4.79 Å². The molecule has 0 saturated heterocycles. The molecule has 92 valence electrons. The highest BCUT2D eigenvalue weighted by molar-refractivity contribution is 14.1. The van der Waals surface area contributed by atoms with Crippen LogP contribution in [0, 0.1) is 10.5 Å². The monoisotopic (exact) mass is 352 g/mol. The number of halogens is 1. The molecule has 4 heteroatoms. The van der Waals surface area contributed by atoms with Gasteiger partial charge in [-0.3, -0.25) is 4.79 Å². The summed E-state index contributed by atoms with van der Waals surface area (Å²) in [7, 11) is 0. The highest BCUT2D eigenvalue weighted by Crippen LogP contribution is 2.18. The highest BCUT2D eigenvalue weighted by atomic mass is 127. The third-order valence-electron chi connectivity index (χ3n) is 2.64. The zero-order chi connectivity index (χ0) is 13.1.